The van der Waals surface area contributed by atoms with Gasteiger partial charge in [-0.1, -0.05) is 41.3 Å². The van der Waals surface area contributed by atoms with Gasteiger partial charge in [-0.2, -0.15) is 0 Å². The standard InChI is InChI=1S/C21H13Cl2FN2O4S/c1-2-7-30-19-13(22)8-12(9-14(19)23)10-17-20(28)26(21(29)31-17)11-18(27)25-16-6-4-3-5-15(16)24/h1,3-6,8-10H,7,11H2,(H,25,27)/b17-10-. The molecule has 1 aliphatic rings. The number of hydrogen-bond donors (Lipinski definition) is 1. The fourth-order valence-electron chi connectivity index (χ4n) is 2.60. The van der Waals surface area contributed by atoms with E-state index in [9.17, 15) is 18.8 Å². The van der Waals surface area contributed by atoms with E-state index in [1.807, 2.05) is 0 Å². The van der Waals surface area contributed by atoms with Crippen molar-refractivity contribution in [3.8, 4) is 18.1 Å². The van der Waals surface area contributed by atoms with Gasteiger partial charge < -0.3 is 10.1 Å². The molecule has 1 saturated heterocycles. The summed E-state index contributed by atoms with van der Waals surface area (Å²) in [6.45, 7) is -0.580. The van der Waals surface area contributed by atoms with Crippen LogP contribution in [0, 0.1) is 18.2 Å². The molecule has 1 N–H and O–H groups in total. The molecule has 1 heterocycles. The Hall–Kier alpha value is -2.99. The van der Waals surface area contributed by atoms with Crippen LogP contribution in [0.4, 0.5) is 14.9 Å². The Morgan fingerprint density at radius 2 is 1.94 bits per heavy atom. The van der Waals surface area contributed by atoms with Crippen LogP contribution in [0.5, 0.6) is 5.75 Å². The van der Waals surface area contributed by atoms with E-state index >= 15 is 0 Å². The minimum Gasteiger partial charge on any atom is -0.478 e. The molecular weight excluding hydrogens is 466 g/mol. The summed E-state index contributed by atoms with van der Waals surface area (Å²) in [6.07, 6.45) is 6.57. The van der Waals surface area contributed by atoms with Gasteiger partial charge in [-0.3, -0.25) is 19.3 Å². The Morgan fingerprint density at radius 3 is 2.58 bits per heavy atom. The molecule has 0 aromatic heterocycles. The number of benzene rings is 2. The number of ether oxygens (including phenoxy) is 1. The lowest BCUT2D eigenvalue weighted by Crippen LogP contribution is -2.36. The molecule has 0 unspecified atom stereocenters. The average molecular weight is 479 g/mol. The topological polar surface area (TPSA) is 75.7 Å². The van der Waals surface area contributed by atoms with Gasteiger partial charge in [0, 0.05) is 0 Å². The zero-order valence-corrected chi connectivity index (χ0v) is 18.0. The number of thioether (sulfide) groups is 1. The Labute approximate surface area is 191 Å². The van der Waals surface area contributed by atoms with Gasteiger partial charge in [0.1, 0.15) is 19.0 Å². The molecule has 0 atom stereocenters. The second-order valence-corrected chi connectivity index (χ2v) is 7.91. The molecule has 0 saturated carbocycles. The second kappa shape index (κ2) is 9.88. The molecule has 158 valence electrons. The van der Waals surface area contributed by atoms with E-state index in [1.165, 1.54) is 36.4 Å². The molecule has 10 heteroatoms. The number of rotatable bonds is 6. The van der Waals surface area contributed by atoms with Crippen LogP contribution in [0.3, 0.4) is 0 Å². The van der Waals surface area contributed by atoms with Crippen LogP contribution < -0.4 is 10.1 Å². The van der Waals surface area contributed by atoms with Crippen molar-refractivity contribution in [1.29, 1.82) is 0 Å². The lowest BCUT2D eigenvalue weighted by atomic mass is 10.2. The first-order chi connectivity index (χ1) is 14.8. The van der Waals surface area contributed by atoms with Crippen LogP contribution in [0.2, 0.25) is 10.0 Å². The molecule has 6 nitrogen and oxygen atoms in total. The Morgan fingerprint density at radius 1 is 1.26 bits per heavy atom. The van der Waals surface area contributed by atoms with Crippen molar-refractivity contribution >= 4 is 63.8 Å². The van der Waals surface area contributed by atoms with Gasteiger partial charge in [-0.25, -0.2) is 4.39 Å². The van der Waals surface area contributed by atoms with Gasteiger partial charge in [-0.05, 0) is 47.7 Å². The number of para-hydroxylation sites is 1. The Balaban J connectivity index is 1.74. The summed E-state index contributed by atoms with van der Waals surface area (Å²) in [5, 5.41) is 2.05. The maximum absolute atomic E-state index is 13.7. The number of amides is 3. The molecule has 0 spiro atoms. The normalized spacial score (nSPS) is 14.6. The summed E-state index contributed by atoms with van der Waals surface area (Å²) in [5.41, 5.74) is 0.399. The third-order valence-electron chi connectivity index (χ3n) is 3.94. The van der Waals surface area contributed by atoms with Crippen molar-refractivity contribution < 1.29 is 23.5 Å². The first-order valence-corrected chi connectivity index (χ1v) is 10.2. The minimum absolute atomic E-state index is 0.0212. The highest BCUT2D eigenvalue weighted by Gasteiger charge is 2.36. The quantitative estimate of drug-likeness (QED) is 0.475. The molecule has 2 aromatic rings. The average Bonchev–Trinajstić information content (AvgIpc) is 2.96. The molecular formula is C21H13Cl2FN2O4S. The summed E-state index contributed by atoms with van der Waals surface area (Å²) in [6, 6.07) is 8.55. The van der Waals surface area contributed by atoms with Gasteiger partial charge in [0.15, 0.2) is 5.75 Å². The van der Waals surface area contributed by atoms with Gasteiger partial charge in [0.2, 0.25) is 5.91 Å². The fraction of sp³-hybridized carbons (Fsp3) is 0.0952. The first-order valence-electron chi connectivity index (χ1n) is 8.65. The number of anilines is 1. The Kier molecular flexibility index (Phi) is 7.23. The fourth-order valence-corrected chi connectivity index (χ4v) is 4.05. The van der Waals surface area contributed by atoms with Gasteiger partial charge in [-0.15, -0.1) is 6.42 Å². The van der Waals surface area contributed by atoms with E-state index in [1.54, 1.807) is 6.07 Å². The summed E-state index contributed by atoms with van der Waals surface area (Å²) >= 11 is 13.0. The minimum atomic E-state index is -0.713. The number of carbonyl (C=O) groups excluding carboxylic acids is 3. The SMILES string of the molecule is C#CCOc1c(Cl)cc(/C=C2\SC(=O)N(CC(=O)Nc3ccccc3F)C2=O)cc1Cl. The highest BCUT2D eigenvalue weighted by molar-refractivity contribution is 8.18. The number of nitrogens with zero attached hydrogens (tertiary/aromatic N) is 1. The highest BCUT2D eigenvalue weighted by atomic mass is 35.5. The molecule has 3 rings (SSSR count). The van der Waals surface area contributed by atoms with Crippen molar-refractivity contribution in [2.75, 3.05) is 18.5 Å². The summed E-state index contributed by atoms with van der Waals surface area (Å²) in [5.74, 6) is 0.490. The maximum atomic E-state index is 13.7. The third kappa shape index (κ3) is 5.39. The lowest BCUT2D eigenvalue weighted by molar-refractivity contribution is -0.127. The van der Waals surface area contributed by atoms with E-state index < -0.39 is 29.4 Å². The number of hydrogen-bond acceptors (Lipinski definition) is 5. The summed E-state index contributed by atoms with van der Waals surface area (Å²) in [4.78, 5) is 37.8. The predicted octanol–water partition coefficient (Wildman–Crippen LogP) is 4.82. The molecule has 1 aliphatic heterocycles. The first kappa shape index (κ1) is 22.7. The van der Waals surface area contributed by atoms with Gasteiger partial charge in [0.25, 0.3) is 11.1 Å². The van der Waals surface area contributed by atoms with E-state index in [0.29, 0.717) is 17.3 Å². The molecule has 31 heavy (non-hydrogen) atoms. The van der Waals surface area contributed by atoms with Crippen LogP contribution in [-0.4, -0.2) is 35.1 Å². The smallest absolute Gasteiger partial charge is 0.294 e. The third-order valence-corrected chi connectivity index (χ3v) is 5.41. The molecule has 1 fully saturated rings. The van der Waals surface area contributed by atoms with E-state index in [4.69, 9.17) is 34.4 Å². The van der Waals surface area contributed by atoms with Crippen LogP contribution in [-0.2, 0) is 9.59 Å². The predicted molar refractivity (Wildman–Crippen MR) is 118 cm³/mol. The van der Waals surface area contributed by atoms with Crippen LogP contribution >= 0.6 is 35.0 Å². The maximum Gasteiger partial charge on any atom is 0.294 e. The van der Waals surface area contributed by atoms with E-state index in [0.717, 1.165) is 4.90 Å². The zero-order chi connectivity index (χ0) is 22.5. The number of nitrogens with one attached hydrogen (secondary N) is 1. The van der Waals surface area contributed by atoms with Crippen LogP contribution in [0.15, 0.2) is 41.3 Å². The second-order valence-electron chi connectivity index (χ2n) is 6.10. The largest absolute Gasteiger partial charge is 0.478 e. The number of terminal acetylenes is 1. The zero-order valence-electron chi connectivity index (χ0n) is 15.7. The number of halogens is 3. The molecule has 0 radical (unpaired) electrons. The van der Waals surface area contributed by atoms with Crippen molar-refractivity contribution in [3.63, 3.8) is 0 Å². The van der Waals surface area contributed by atoms with Crippen LogP contribution in [0.1, 0.15) is 5.56 Å². The van der Waals surface area contributed by atoms with Gasteiger partial charge >= 0.3 is 0 Å². The monoisotopic (exact) mass is 478 g/mol. The highest BCUT2D eigenvalue weighted by Crippen LogP contribution is 2.37. The Bertz CT molecular complexity index is 1120. The van der Waals surface area contributed by atoms with Crippen molar-refractivity contribution in [1.82, 2.24) is 4.90 Å². The van der Waals surface area contributed by atoms with Crippen LogP contribution in [0.25, 0.3) is 6.08 Å². The number of carbonyl (C=O) groups is 3. The summed E-state index contributed by atoms with van der Waals surface area (Å²) in [7, 11) is 0. The van der Waals surface area contributed by atoms with E-state index in [2.05, 4.69) is 11.2 Å². The molecule has 0 aliphatic carbocycles. The van der Waals surface area contributed by atoms with Crippen molar-refractivity contribution in [2.24, 2.45) is 0 Å². The summed E-state index contributed by atoms with van der Waals surface area (Å²) < 4.78 is 18.9. The van der Waals surface area contributed by atoms with Crippen molar-refractivity contribution in [2.45, 2.75) is 0 Å². The van der Waals surface area contributed by atoms with E-state index in [-0.39, 0.29) is 33.0 Å². The van der Waals surface area contributed by atoms with Crippen molar-refractivity contribution in [3.05, 3.63) is 62.7 Å². The lowest BCUT2D eigenvalue weighted by Gasteiger charge is -2.12. The van der Waals surface area contributed by atoms with Gasteiger partial charge in [0.05, 0.1) is 20.6 Å². The molecule has 2 aromatic carbocycles. The molecule has 3 amide bonds. The molecule has 0 bridgehead atoms. The number of imide groups is 1.